The van der Waals surface area contributed by atoms with Crippen molar-refractivity contribution in [1.82, 2.24) is 10.6 Å². The molecule has 0 aliphatic rings. The van der Waals surface area contributed by atoms with E-state index in [1.807, 2.05) is 0 Å². The summed E-state index contributed by atoms with van der Waals surface area (Å²) in [5.41, 5.74) is 2.30. The van der Waals surface area contributed by atoms with E-state index in [9.17, 15) is 14.4 Å². The minimum Gasteiger partial charge on any atom is -0.383 e. The van der Waals surface area contributed by atoms with E-state index in [0.29, 0.717) is 42.2 Å². The van der Waals surface area contributed by atoms with Crippen LogP contribution in [0.4, 0.5) is 11.4 Å². The Hall–Kier alpha value is -3.39. The van der Waals surface area contributed by atoms with Gasteiger partial charge in [0.15, 0.2) is 0 Å². The van der Waals surface area contributed by atoms with Crippen LogP contribution in [0.25, 0.3) is 0 Å². The van der Waals surface area contributed by atoms with Crippen LogP contribution in [0.2, 0.25) is 0 Å². The van der Waals surface area contributed by atoms with Crippen molar-refractivity contribution in [1.29, 1.82) is 0 Å². The van der Waals surface area contributed by atoms with Crippen LogP contribution in [0.3, 0.4) is 0 Å². The highest BCUT2D eigenvalue weighted by atomic mass is 16.5. The zero-order valence-electron chi connectivity index (χ0n) is 18.0. The van der Waals surface area contributed by atoms with E-state index in [1.54, 1.807) is 55.6 Å². The first-order valence-corrected chi connectivity index (χ1v) is 10.3. The number of carbonyl (C=O) groups is 3. The van der Waals surface area contributed by atoms with Crippen LogP contribution in [0.5, 0.6) is 0 Å². The largest absolute Gasteiger partial charge is 0.383 e. The van der Waals surface area contributed by atoms with E-state index >= 15 is 0 Å². The lowest BCUT2D eigenvalue weighted by atomic mass is 10.2. The molecule has 166 valence electrons. The van der Waals surface area contributed by atoms with E-state index in [-0.39, 0.29) is 24.3 Å². The van der Waals surface area contributed by atoms with Crippen LogP contribution < -0.4 is 21.3 Å². The first-order valence-electron chi connectivity index (χ1n) is 10.3. The molecule has 0 heterocycles. The minimum absolute atomic E-state index is 0.0357. The Morgan fingerprint density at radius 3 is 2.29 bits per heavy atom. The highest BCUT2D eigenvalue weighted by Gasteiger charge is 2.08. The molecule has 2 aromatic carbocycles. The number of carbonyl (C=O) groups excluding carboxylic acids is 3. The fourth-order valence-corrected chi connectivity index (χ4v) is 2.71. The van der Waals surface area contributed by atoms with Gasteiger partial charge in [-0.15, -0.1) is 0 Å². The second-order valence-corrected chi connectivity index (χ2v) is 6.92. The number of ether oxygens (including phenoxy) is 1. The van der Waals surface area contributed by atoms with E-state index in [2.05, 4.69) is 28.2 Å². The Morgan fingerprint density at radius 1 is 0.871 bits per heavy atom. The number of hydrogen-bond donors (Lipinski definition) is 4. The van der Waals surface area contributed by atoms with Gasteiger partial charge >= 0.3 is 0 Å². The summed E-state index contributed by atoms with van der Waals surface area (Å²) in [6.45, 7) is 3.61. The van der Waals surface area contributed by atoms with Gasteiger partial charge in [-0.25, -0.2) is 0 Å². The number of benzene rings is 2. The third-order valence-electron chi connectivity index (χ3n) is 4.42. The predicted octanol–water partition coefficient (Wildman–Crippen LogP) is 2.64. The summed E-state index contributed by atoms with van der Waals surface area (Å²) >= 11 is 0. The van der Waals surface area contributed by atoms with Crippen LogP contribution >= 0.6 is 0 Å². The standard InChI is InChI=1S/C23H30N4O4/c1-3-4-12-24-22(29)17-8-10-19(11-9-17)27-21(28)16-26-20-7-5-6-18(15-20)23(30)25-13-14-31-2/h5-11,15,26H,3-4,12-14,16H2,1-2H3,(H,24,29)(H,25,30)(H,27,28). The molecule has 3 amide bonds. The average molecular weight is 427 g/mol. The smallest absolute Gasteiger partial charge is 0.251 e. The molecule has 0 aromatic heterocycles. The molecule has 0 unspecified atom stereocenters. The summed E-state index contributed by atoms with van der Waals surface area (Å²) < 4.78 is 4.91. The molecule has 4 N–H and O–H groups in total. The molecule has 2 aromatic rings. The Morgan fingerprint density at radius 2 is 1.58 bits per heavy atom. The van der Waals surface area contributed by atoms with Crippen molar-refractivity contribution in [2.45, 2.75) is 19.8 Å². The van der Waals surface area contributed by atoms with Crippen molar-refractivity contribution < 1.29 is 19.1 Å². The third-order valence-corrected chi connectivity index (χ3v) is 4.42. The number of unbranched alkanes of at least 4 members (excludes halogenated alkanes) is 1. The monoisotopic (exact) mass is 426 g/mol. The Kier molecular flexibility index (Phi) is 10.0. The first kappa shape index (κ1) is 23.9. The molecule has 0 aliphatic carbocycles. The zero-order valence-corrected chi connectivity index (χ0v) is 18.0. The number of nitrogens with one attached hydrogen (secondary N) is 4. The topological polar surface area (TPSA) is 109 Å². The first-order chi connectivity index (χ1) is 15.0. The number of methoxy groups -OCH3 is 1. The highest BCUT2D eigenvalue weighted by Crippen LogP contribution is 2.12. The SMILES string of the molecule is CCCCNC(=O)c1ccc(NC(=O)CNc2cccc(C(=O)NCCOC)c2)cc1. The van der Waals surface area contributed by atoms with Crippen LogP contribution in [0.1, 0.15) is 40.5 Å². The number of rotatable bonds is 12. The number of amides is 3. The van der Waals surface area contributed by atoms with Crippen molar-refractivity contribution in [2.75, 3.05) is 44.0 Å². The van der Waals surface area contributed by atoms with Crippen LogP contribution in [-0.2, 0) is 9.53 Å². The van der Waals surface area contributed by atoms with E-state index < -0.39 is 0 Å². The molecule has 8 heteroatoms. The van der Waals surface area contributed by atoms with Gasteiger partial charge in [0.2, 0.25) is 5.91 Å². The molecule has 0 saturated carbocycles. The maximum Gasteiger partial charge on any atom is 0.251 e. The fraction of sp³-hybridized carbons (Fsp3) is 0.348. The molecular weight excluding hydrogens is 396 g/mol. The molecule has 0 atom stereocenters. The molecular formula is C23H30N4O4. The van der Waals surface area contributed by atoms with Crippen molar-refractivity contribution in [3.05, 3.63) is 59.7 Å². The van der Waals surface area contributed by atoms with Crippen LogP contribution in [-0.4, -0.2) is 51.1 Å². The highest BCUT2D eigenvalue weighted by molar-refractivity contribution is 5.97. The maximum absolute atomic E-state index is 12.2. The van der Waals surface area contributed by atoms with E-state index in [1.165, 1.54) is 0 Å². The van der Waals surface area contributed by atoms with Gasteiger partial charge in [0.25, 0.3) is 11.8 Å². The Bertz CT molecular complexity index is 868. The lowest BCUT2D eigenvalue weighted by molar-refractivity contribution is -0.114. The minimum atomic E-state index is -0.241. The van der Waals surface area contributed by atoms with Gasteiger partial charge in [0.1, 0.15) is 0 Å². The second-order valence-electron chi connectivity index (χ2n) is 6.92. The molecule has 0 bridgehead atoms. The third kappa shape index (κ3) is 8.47. The lowest BCUT2D eigenvalue weighted by Crippen LogP contribution is -2.27. The van der Waals surface area contributed by atoms with Gasteiger partial charge in [-0.1, -0.05) is 19.4 Å². The summed E-state index contributed by atoms with van der Waals surface area (Å²) in [6, 6.07) is 13.6. The number of hydrogen-bond acceptors (Lipinski definition) is 5. The van der Waals surface area contributed by atoms with Crippen molar-refractivity contribution >= 4 is 29.1 Å². The molecule has 31 heavy (non-hydrogen) atoms. The van der Waals surface area contributed by atoms with Crippen LogP contribution in [0, 0.1) is 0 Å². The predicted molar refractivity (Wildman–Crippen MR) is 121 cm³/mol. The summed E-state index contributed by atoms with van der Waals surface area (Å²) in [5.74, 6) is -0.571. The van der Waals surface area contributed by atoms with Gasteiger partial charge < -0.3 is 26.0 Å². The van der Waals surface area contributed by atoms with Gasteiger partial charge in [-0.05, 0) is 48.9 Å². The van der Waals surface area contributed by atoms with Crippen molar-refractivity contribution in [3.63, 3.8) is 0 Å². The van der Waals surface area contributed by atoms with E-state index in [0.717, 1.165) is 12.8 Å². The lowest BCUT2D eigenvalue weighted by Gasteiger charge is -2.10. The summed E-state index contributed by atoms with van der Waals surface area (Å²) in [6.07, 6.45) is 1.96. The van der Waals surface area contributed by atoms with Crippen molar-refractivity contribution in [2.24, 2.45) is 0 Å². The molecule has 2 rings (SSSR count). The Labute approximate surface area is 182 Å². The molecule has 0 spiro atoms. The quantitative estimate of drug-likeness (QED) is 0.390. The van der Waals surface area contributed by atoms with Gasteiger partial charge in [0.05, 0.1) is 13.2 Å². The van der Waals surface area contributed by atoms with Crippen LogP contribution in [0.15, 0.2) is 48.5 Å². The van der Waals surface area contributed by atoms with Gasteiger partial charge in [-0.2, -0.15) is 0 Å². The zero-order chi connectivity index (χ0) is 22.5. The summed E-state index contributed by atoms with van der Waals surface area (Å²) in [4.78, 5) is 36.3. The normalized spacial score (nSPS) is 10.3. The average Bonchev–Trinajstić information content (AvgIpc) is 2.78. The number of anilines is 2. The fourth-order valence-electron chi connectivity index (χ4n) is 2.71. The van der Waals surface area contributed by atoms with E-state index in [4.69, 9.17) is 4.74 Å². The maximum atomic E-state index is 12.2. The summed E-state index contributed by atoms with van der Waals surface area (Å²) in [5, 5.41) is 11.4. The molecule has 0 radical (unpaired) electrons. The van der Waals surface area contributed by atoms with Gasteiger partial charge in [-0.3, -0.25) is 14.4 Å². The summed E-state index contributed by atoms with van der Waals surface area (Å²) in [7, 11) is 1.57. The molecule has 0 aliphatic heterocycles. The van der Waals surface area contributed by atoms with Gasteiger partial charge in [0, 0.05) is 42.7 Å². The second kappa shape index (κ2) is 13.0. The van der Waals surface area contributed by atoms with Crippen molar-refractivity contribution in [3.8, 4) is 0 Å². The molecule has 8 nitrogen and oxygen atoms in total. The molecule has 0 fully saturated rings. The molecule has 0 saturated heterocycles. The Balaban J connectivity index is 1.82.